The molecule has 20 heavy (non-hydrogen) atoms. The van der Waals surface area contributed by atoms with Gasteiger partial charge in [-0.25, -0.2) is 0 Å². The van der Waals surface area contributed by atoms with Gasteiger partial charge in [0.2, 0.25) is 0 Å². The summed E-state index contributed by atoms with van der Waals surface area (Å²) in [7, 11) is 0. The van der Waals surface area contributed by atoms with E-state index in [0.717, 1.165) is 9.86 Å². The molecule has 0 unspecified atom stereocenters. The number of anilines is 1. The average Bonchev–Trinajstić information content (AvgIpc) is 2.94. The molecule has 0 spiro atoms. The van der Waals surface area contributed by atoms with Crippen LogP contribution in [0.3, 0.4) is 0 Å². The molecule has 0 aliphatic rings. The molecule has 3 rings (SSSR count). The highest BCUT2D eigenvalue weighted by molar-refractivity contribution is 9.10. The molecule has 0 aliphatic carbocycles. The Hall–Kier alpha value is -2.08. The van der Waals surface area contributed by atoms with Gasteiger partial charge >= 0.3 is 5.91 Å². The molecule has 0 fully saturated rings. The first-order chi connectivity index (χ1) is 9.47. The van der Waals surface area contributed by atoms with E-state index < -0.39 is 0 Å². The summed E-state index contributed by atoms with van der Waals surface area (Å²) in [4.78, 5) is 12.4. The Morgan fingerprint density at radius 2 is 2.10 bits per heavy atom. The van der Waals surface area contributed by atoms with Crippen molar-refractivity contribution < 1.29 is 9.21 Å². The molecular formula is C14H12BrN3O2. The third-order valence-corrected chi connectivity index (χ3v) is 3.73. The molecule has 1 aromatic carbocycles. The molecule has 102 valence electrons. The van der Waals surface area contributed by atoms with Gasteiger partial charge in [-0.15, -0.1) is 0 Å². The number of nitrogens with two attached hydrogens (primary N) is 1. The predicted molar refractivity (Wildman–Crippen MR) is 79.8 cm³/mol. The molecule has 0 amide bonds. The van der Waals surface area contributed by atoms with Gasteiger partial charge < -0.3 is 10.2 Å². The van der Waals surface area contributed by atoms with Crippen molar-refractivity contribution in [3.05, 3.63) is 45.9 Å². The number of hydrogen-bond acceptors (Lipinski definition) is 4. The lowest BCUT2D eigenvalue weighted by atomic mass is 10.2. The number of rotatable bonds is 1. The van der Waals surface area contributed by atoms with E-state index in [0.29, 0.717) is 22.7 Å². The van der Waals surface area contributed by atoms with E-state index >= 15 is 0 Å². The third kappa shape index (κ3) is 1.92. The summed E-state index contributed by atoms with van der Waals surface area (Å²) in [6.45, 7) is 3.52. The Labute approximate surface area is 123 Å². The largest absolute Gasteiger partial charge is 0.451 e. The lowest BCUT2D eigenvalue weighted by molar-refractivity contribution is 0.0916. The lowest BCUT2D eigenvalue weighted by Crippen LogP contribution is -2.14. The maximum atomic E-state index is 12.4. The molecule has 2 heterocycles. The molecule has 0 atom stereocenters. The first-order valence-corrected chi connectivity index (χ1v) is 6.82. The Morgan fingerprint density at radius 1 is 1.35 bits per heavy atom. The van der Waals surface area contributed by atoms with Gasteiger partial charge in [-0.3, -0.25) is 4.79 Å². The van der Waals surface area contributed by atoms with Crippen LogP contribution in [0.15, 0.2) is 33.2 Å². The van der Waals surface area contributed by atoms with Crippen LogP contribution in [0.5, 0.6) is 0 Å². The first kappa shape index (κ1) is 12.9. The Morgan fingerprint density at radius 3 is 2.75 bits per heavy atom. The van der Waals surface area contributed by atoms with E-state index in [2.05, 4.69) is 21.0 Å². The molecule has 0 saturated carbocycles. The van der Waals surface area contributed by atoms with Gasteiger partial charge in [0.05, 0.1) is 17.1 Å². The van der Waals surface area contributed by atoms with E-state index in [4.69, 9.17) is 10.2 Å². The zero-order chi connectivity index (χ0) is 14.4. The van der Waals surface area contributed by atoms with Gasteiger partial charge in [-0.1, -0.05) is 15.9 Å². The van der Waals surface area contributed by atoms with Crippen LogP contribution >= 0.6 is 15.9 Å². The first-order valence-electron chi connectivity index (χ1n) is 6.03. The summed E-state index contributed by atoms with van der Waals surface area (Å²) in [5, 5.41) is 5.01. The van der Waals surface area contributed by atoms with Gasteiger partial charge in [0.25, 0.3) is 0 Å². The zero-order valence-corrected chi connectivity index (χ0v) is 12.6. The minimum atomic E-state index is -0.324. The summed E-state index contributed by atoms with van der Waals surface area (Å²) in [6, 6.07) is 7.31. The van der Waals surface area contributed by atoms with Crippen molar-refractivity contribution >= 4 is 38.5 Å². The summed E-state index contributed by atoms with van der Waals surface area (Å²) < 4.78 is 7.76. The van der Waals surface area contributed by atoms with E-state index in [1.165, 1.54) is 4.68 Å². The van der Waals surface area contributed by atoms with Crippen LogP contribution in [0.2, 0.25) is 0 Å². The second-order valence-corrected chi connectivity index (χ2v) is 5.51. The standard InChI is InChI=1S/C14H12BrN3O2/c1-7-13(16)8(2)18(17-7)14(19)12-5-9-3-4-10(15)6-11(9)20-12/h3-6H,16H2,1-2H3. The van der Waals surface area contributed by atoms with E-state index in [9.17, 15) is 4.79 Å². The van der Waals surface area contributed by atoms with Crippen molar-refractivity contribution in [2.24, 2.45) is 0 Å². The maximum absolute atomic E-state index is 12.4. The number of aryl methyl sites for hydroxylation is 1. The Kier molecular flexibility index (Phi) is 2.90. The van der Waals surface area contributed by atoms with Crippen LogP contribution in [0.1, 0.15) is 21.9 Å². The number of furan rings is 1. The number of aromatic nitrogens is 2. The van der Waals surface area contributed by atoms with Crippen molar-refractivity contribution in [1.82, 2.24) is 9.78 Å². The monoisotopic (exact) mass is 333 g/mol. The number of hydrogen-bond donors (Lipinski definition) is 1. The van der Waals surface area contributed by atoms with Crippen LogP contribution < -0.4 is 5.73 Å². The fraction of sp³-hybridized carbons (Fsp3) is 0.143. The maximum Gasteiger partial charge on any atom is 0.314 e. The minimum absolute atomic E-state index is 0.240. The van der Waals surface area contributed by atoms with Crippen molar-refractivity contribution in [1.29, 1.82) is 0 Å². The molecule has 0 saturated heterocycles. The van der Waals surface area contributed by atoms with Crippen LogP contribution in [-0.4, -0.2) is 15.7 Å². The molecule has 0 bridgehead atoms. The summed E-state index contributed by atoms with van der Waals surface area (Å²) in [5.74, 6) is -0.0849. The molecule has 2 aromatic heterocycles. The van der Waals surface area contributed by atoms with Gasteiger partial charge in [0.1, 0.15) is 5.58 Å². The number of nitrogen functional groups attached to an aromatic ring is 1. The third-order valence-electron chi connectivity index (χ3n) is 3.23. The second-order valence-electron chi connectivity index (χ2n) is 4.59. The Bertz CT molecular complexity index is 832. The second kappa shape index (κ2) is 4.49. The molecule has 3 aromatic rings. The van der Waals surface area contributed by atoms with Crippen LogP contribution in [-0.2, 0) is 0 Å². The fourth-order valence-electron chi connectivity index (χ4n) is 2.07. The molecule has 6 heteroatoms. The Balaban J connectivity index is 2.10. The normalized spacial score (nSPS) is 11.2. The number of carbonyl (C=O) groups excluding carboxylic acids is 1. The van der Waals surface area contributed by atoms with Gasteiger partial charge in [-0.2, -0.15) is 9.78 Å². The van der Waals surface area contributed by atoms with Crippen LogP contribution in [0.25, 0.3) is 11.0 Å². The van der Waals surface area contributed by atoms with E-state index in [1.807, 2.05) is 18.2 Å². The number of benzene rings is 1. The molecule has 0 radical (unpaired) electrons. The fourth-order valence-corrected chi connectivity index (χ4v) is 2.41. The summed E-state index contributed by atoms with van der Waals surface area (Å²) in [6.07, 6.45) is 0. The van der Waals surface area contributed by atoms with Crippen LogP contribution in [0.4, 0.5) is 5.69 Å². The molecule has 5 nitrogen and oxygen atoms in total. The number of halogens is 1. The zero-order valence-electron chi connectivity index (χ0n) is 11.0. The average molecular weight is 334 g/mol. The van der Waals surface area contributed by atoms with Gasteiger partial charge in [0.15, 0.2) is 5.76 Å². The summed E-state index contributed by atoms with van der Waals surface area (Å²) >= 11 is 3.37. The van der Waals surface area contributed by atoms with Crippen molar-refractivity contribution in [3.63, 3.8) is 0 Å². The summed E-state index contributed by atoms with van der Waals surface area (Å²) in [5.41, 5.74) is 8.27. The molecule has 0 aliphatic heterocycles. The quantitative estimate of drug-likeness (QED) is 0.741. The van der Waals surface area contributed by atoms with Crippen molar-refractivity contribution in [3.8, 4) is 0 Å². The van der Waals surface area contributed by atoms with E-state index in [-0.39, 0.29) is 11.7 Å². The minimum Gasteiger partial charge on any atom is -0.451 e. The predicted octanol–water partition coefficient (Wildman–Crippen LogP) is 3.28. The van der Waals surface area contributed by atoms with Gasteiger partial charge in [0, 0.05) is 9.86 Å². The number of nitrogens with zero attached hydrogens (tertiary/aromatic N) is 2. The molecule has 2 N–H and O–H groups in total. The lowest BCUT2D eigenvalue weighted by Gasteiger charge is -1.99. The van der Waals surface area contributed by atoms with E-state index in [1.54, 1.807) is 19.9 Å². The SMILES string of the molecule is Cc1nn(C(=O)c2cc3ccc(Br)cc3o2)c(C)c1N. The smallest absolute Gasteiger partial charge is 0.314 e. The highest BCUT2D eigenvalue weighted by atomic mass is 79.9. The highest BCUT2D eigenvalue weighted by Gasteiger charge is 2.19. The number of fused-ring (bicyclic) bond motifs is 1. The highest BCUT2D eigenvalue weighted by Crippen LogP contribution is 2.24. The van der Waals surface area contributed by atoms with Crippen molar-refractivity contribution in [2.45, 2.75) is 13.8 Å². The van der Waals surface area contributed by atoms with Gasteiger partial charge in [-0.05, 0) is 38.1 Å². The molecular weight excluding hydrogens is 322 g/mol. The van der Waals surface area contributed by atoms with Crippen LogP contribution in [0, 0.1) is 13.8 Å². The van der Waals surface area contributed by atoms with Crippen molar-refractivity contribution in [2.75, 3.05) is 5.73 Å². The number of carbonyl (C=O) groups is 1. The topological polar surface area (TPSA) is 74.0 Å².